The molecular weight excluding hydrogens is 388 g/mol. The lowest BCUT2D eigenvalue weighted by atomic mass is 10.1. The van der Waals surface area contributed by atoms with Crippen LogP contribution in [0, 0.1) is 0 Å². The summed E-state index contributed by atoms with van der Waals surface area (Å²) < 4.78 is 14.7. The molecule has 154 valence electrons. The first kappa shape index (κ1) is 20.7. The van der Waals surface area contributed by atoms with Gasteiger partial charge < -0.3 is 24.5 Å². The first-order valence-corrected chi connectivity index (χ1v) is 9.22. The Balaban J connectivity index is 1.59. The molecule has 0 saturated carbocycles. The van der Waals surface area contributed by atoms with Gasteiger partial charge >= 0.3 is 6.16 Å². The highest BCUT2D eigenvalue weighted by atomic mass is 16.7. The van der Waals surface area contributed by atoms with Crippen LogP contribution in [0.1, 0.15) is 33.4 Å². The molecule has 0 spiro atoms. The van der Waals surface area contributed by atoms with Crippen LogP contribution < -0.4 is 15.4 Å². The summed E-state index contributed by atoms with van der Waals surface area (Å²) in [5.74, 6) is -0.226. The molecule has 2 aromatic carbocycles. The van der Waals surface area contributed by atoms with Crippen molar-refractivity contribution in [3.8, 4) is 5.75 Å². The Labute approximate surface area is 172 Å². The molecule has 0 saturated heterocycles. The summed E-state index contributed by atoms with van der Waals surface area (Å²) in [6.07, 6.45) is 0.618. The molecule has 0 aliphatic carbocycles. The van der Waals surface area contributed by atoms with E-state index in [1.54, 1.807) is 37.3 Å². The van der Waals surface area contributed by atoms with E-state index in [0.717, 1.165) is 5.56 Å². The lowest BCUT2D eigenvalue weighted by Gasteiger charge is -2.11. The van der Waals surface area contributed by atoms with Crippen molar-refractivity contribution < 1.29 is 28.3 Å². The van der Waals surface area contributed by atoms with E-state index in [2.05, 4.69) is 10.6 Å². The van der Waals surface area contributed by atoms with Gasteiger partial charge in [0.15, 0.2) is 5.76 Å². The Morgan fingerprint density at radius 3 is 2.40 bits per heavy atom. The van der Waals surface area contributed by atoms with Gasteiger partial charge in [0.2, 0.25) is 0 Å². The van der Waals surface area contributed by atoms with Gasteiger partial charge in [-0.3, -0.25) is 9.59 Å². The quantitative estimate of drug-likeness (QED) is 0.452. The number of ether oxygens (including phenoxy) is 2. The molecule has 0 radical (unpaired) electrons. The Bertz CT molecular complexity index is 1010. The summed E-state index contributed by atoms with van der Waals surface area (Å²) in [5, 5.41) is 5.57. The molecule has 1 heterocycles. The molecule has 0 aliphatic rings. The van der Waals surface area contributed by atoms with Crippen molar-refractivity contribution in [2.45, 2.75) is 13.5 Å². The number of rotatable bonds is 7. The summed E-state index contributed by atoms with van der Waals surface area (Å²) in [5.41, 5.74) is 1.69. The lowest BCUT2D eigenvalue weighted by Crippen LogP contribution is -2.24. The highest BCUT2D eigenvalue weighted by Gasteiger charge is 2.13. The Hall–Kier alpha value is -4.07. The largest absolute Gasteiger partial charge is 0.513 e. The number of amides is 2. The van der Waals surface area contributed by atoms with E-state index >= 15 is 0 Å². The van der Waals surface area contributed by atoms with Gasteiger partial charge in [-0.15, -0.1) is 0 Å². The molecule has 8 nitrogen and oxygen atoms in total. The van der Waals surface area contributed by atoms with Crippen LogP contribution >= 0.6 is 0 Å². The van der Waals surface area contributed by atoms with Gasteiger partial charge in [0, 0.05) is 17.8 Å². The second-order valence-corrected chi connectivity index (χ2v) is 6.08. The molecule has 2 amide bonds. The minimum Gasteiger partial charge on any atom is -0.459 e. The standard InChI is InChI=1S/C22H20N2O6/c1-2-28-22(27)30-17-11-9-15(10-12-17)20(25)23-14-16-6-3-4-7-18(16)24-21(26)19-8-5-13-29-19/h3-13H,2,14H2,1H3,(H,23,25)(H,24,26). The molecule has 0 bridgehead atoms. The normalized spacial score (nSPS) is 10.2. The predicted molar refractivity (Wildman–Crippen MR) is 108 cm³/mol. The number of hydrogen-bond donors (Lipinski definition) is 2. The van der Waals surface area contributed by atoms with Gasteiger partial charge in [-0.2, -0.15) is 0 Å². The summed E-state index contributed by atoms with van der Waals surface area (Å²) in [4.78, 5) is 35.9. The Morgan fingerprint density at radius 2 is 1.70 bits per heavy atom. The maximum absolute atomic E-state index is 12.4. The van der Waals surface area contributed by atoms with Crippen molar-refractivity contribution in [2.24, 2.45) is 0 Å². The van der Waals surface area contributed by atoms with Crippen molar-refractivity contribution in [1.29, 1.82) is 0 Å². The number of para-hydroxylation sites is 1. The third-order valence-electron chi connectivity index (χ3n) is 4.03. The number of furan rings is 1. The monoisotopic (exact) mass is 408 g/mol. The highest BCUT2D eigenvalue weighted by molar-refractivity contribution is 6.02. The molecule has 0 atom stereocenters. The maximum Gasteiger partial charge on any atom is 0.513 e. The fraction of sp³-hybridized carbons (Fsp3) is 0.136. The van der Waals surface area contributed by atoms with Gasteiger partial charge in [0.25, 0.3) is 11.8 Å². The second kappa shape index (κ2) is 9.92. The van der Waals surface area contributed by atoms with E-state index in [1.165, 1.54) is 30.5 Å². The number of carbonyl (C=O) groups excluding carboxylic acids is 3. The molecule has 8 heteroatoms. The summed E-state index contributed by atoms with van der Waals surface area (Å²) >= 11 is 0. The van der Waals surface area contributed by atoms with Crippen LogP contribution in [0.25, 0.3) is 0 Å². The highest BCUT2D eigenvalue weighted by Crippen LogP contribution is 2.17. The maximum atomic E-state index is 12.4. The van der Waals surface area contributed by atoms with Gasteiger partial charge in [0.05, 0.1) is 12.9 Å². The predicted octanol–water partition coefficient (Wildman–Crippen LogP) is 4.00. The first-order chi connectivity index (χ1) is 14.6. The minimum absolute atomic E-state index is 0.193. The number of carbonyl (C=O) groups is 3. The van der Waals surface area contributed by atoms with Crippen LogP contribution in [0.5, 0.6) is 5.75 Å². The SMILES string of the molecule is CCOC(=O)Oc1ccc(C(=O)NCc2ccccc2NC(=O)c2ccco2)cc1. The van der Waals surface area contributed by atoms with Crippen molar-refractivity contribution in [1.82, 2.24) is 5.32 Å². The fourth-order valence-electron chi connectivity index (χ4n) is 2.58. The van der Waals surface area contributed by atoms with Crippen molar-refractivity contribution >= 4 is 23.7 Å². The van der Waals surface area contributed by atoms with Crippen LogP contribution in [-0.4, -0.2) is 24.6 Å². The van der Waals surface area contributed by atoms with Crippen LogP contribution in [0.2, 0.25) is 0 Å². The zero-order chi connectivity index (χ0) is 21.3. The lowest BCUT2D eigenvalue weighted by molar-refractivity contribution is 0.0950. The molecule has 3 rings (SSSR count). The van der Waals surface area contributed by atoms with E-state index in [1.807, 2.05) is 6.07 Å². The summed E-state index contributed by atoms with van der Waals surface area (Å²) in [6.45, 7) is 2.09. The molecule has 0 unspecified atom stereocenters. The topological polar surface area (TPSA) is 107 Å². The number of hydrogen-bond acceptors (Lipinski definition) is 6. The van der Waals surface area contributed by atoms with Crippen molar-refractivity contribution in [3.05, 3.63) is 83.8 Å². The molecular formula is C22H20N2O6. The van der Waals surface area contributed by atoms with Crippen molar-refractivity contribution in [2.75, 3.05) is 11.9 Å². The first-order valence-electron chi connectivity index (χ1n) is 9.22. The molecule has 1 aromatic heterocycles. The van der Waals surface area contributed by atoms with Crippen molar-refractivity contribution in [3.63, 3.8) is 0 Å². The number of benzene rings is 2. The van der Waals surface area contributed by atoms with Gasteiger partial charge in [-0.1, -0.05) is 18.2 Å². The average Bonchev–Trinajstić information content (AvgIpc) is 3.29. The second-order valence-electron chi connectivity index (χ2n) is 6.08. The third kappa shape index (κ3) is 5.48. The van der Waals surface area contributed by atoms with Gasteiger partial charge in [-0.05, 0) is 55.0 Å². The number of anilines is 1. The smallest absolute Gasteiger partial charge is 0.459 e. The fourth-order valence-corrected chi connectivity index (χ4v) is 2.58. The number of nitrogens with one attached hydrogen (secondary N) is 2. The van der Waals surface area contributed by atoms with Crippen LogP contribution in [0.4, 0.5) is 10.5 Å². The van der Waals surface area contributed by atoms with E-state index in [9.17, 15) is 14.4 Å². The van der Waals surface area contributed by atoms with Crippen LogP contribution in [0.15, 0.2) is 71.3 Å². The van der Waals surface area contributed by atoms with E-state index < -0.39 is 6.16 Å². The average molecular weight is 408 g/mol. The molecule has 3 aromatic rings. The van der Waals surface area contributed by atoms with Gasteiger partial charge in [-0.25, -0.2) is 4.79 Å². The molecule has 0 fully saturated rings. The summed E-state index contributed by atoms with van der Waals surface area (Å²) in [7, 11) is 0. The third-order valence-corrected chi connectivity index (χ3v) is 4.03. The van der Waals surface area contributed by atoms with E-state index in [0.29, 0.717) is 11.3 Å². The van der Waals surface area contributed by atoms with E-state index in [4.69, 9.17) is 13.9 Å². The van der Waals surface area contributed by atoms with E-state index in [-0.39, 0.29) is 36.5 Å². The minimum atomic E-state index is -0.803. The zero-order valence-corrected chi connectivity index (χ0v) is 16.2. The van der Waals surface area contributed by atoms with Crippen LogP contribution in [0.3, 0.4) is 0 Å². The summed E-state index contributed by atoms with van der Waals surface area (Å²) in [6, 6.07) is 16.4. The molecule has 0 aliphatic heterocycles. The Morgan fingerprint density at radius 1 is 0.933 bits per heavy atom. The Kier molecular flexibility index (Phi) is 6.83. The zero-order valence-electron chi connectivity index (χ0n) is 16.2. The van der Waals surface area contributed by atoms with Crippen LogP contribution in [-0.2, 0) is 11.3 Å². The van der Waals surface area contributed by atoms with Gasteiger partial charge in [0.1, 0.15) is 5.75 Å². The molecule has 30 heavy (non-hydrogen) atoms. The molecule has 2 N–H and O–H groups in total.